The zero-order chi connectivity index (χ0) is 13.1. The predicted octanol–water partition coefficient (Wildman–Crippen LogP) is 3.47. The Balaban J connectivity index is 1.80. The summed E-state index contributed by atoms with van der Waals surface area (Å²) in [5.74, 6) is 0.695. The van der Waals surface area contributed by atoms with Gasteiger partial charge in [0, 0.05) is 19.3 Å². The van der Waals surface area contributed by atoms with E-state index in [1.165, 1.54) is 23.1 Å². The summed E-state index contributed by atoms with van der Waals surface area (Å²) in [5, 5.41) is 6.57. The lowest BCUT2D eigenvalue weighted by Gasteiger charge is -2.10. The van der Waals surface area contributed by atoms with Gasteiger partial charge in [-0.25, -0.2) is 0 Å². The molecule has 98 valence electrons. The Hall–Kier alpha value is -1.80. The van der Waals surface area contributed by atoms with E-state index in [4.69, 9.17) is 0 Å². The molecule has 3 rings (SSSR count). The molecule has 0 saturated carbocycles. The Morgan fingerprint density at radius 2 is 1.58 bits per heavy atom. The molecule has 19 heavy (non-hydrogen) atoms. The third-order valence-electron chi connectivity index (χ3n) is 3.95. The Morgan fingerprint density at radius 3 is 2.11 bits per heavy atom. The van der Waals surface area contributed by atoms with E-state index in [2.05, 4.69) is 59.2 Å². The van der Waals surface area contributed by atoms with Crippen LogP contribution in [0.4, 0.5) is 5.69 Å². The molecule has 1 fully saturated rings. The molecule has 2 heteroatoms. The van der Waals surface area contributed by atoms with E-state index in [1.807, 2.05) is 7.05 Å². The summed E-state index contributed by atoms with van der Waals surface area (Å²) in [6.45, 7) is 2.27. The second-order valence-corrected chi connectivity index (χ2v) is 5.14. The van der Waals surface area contributed by atoms with Gasteiger partial charge in [-0.1, -0.05) is 36.4 Å². The number of rotatable bonds is 3. The highest BCUT2D eigenvalue weighted by Crippen LogP contribution is 2.26. The molecule has 1 saturated heterocycles. The van der Waals surface area contributed by atoms with Gasteiger partial charge in [0.05, 0.1) is 0 Å². The van der Waals surface area contributed by atoms with Crippen molar-refractivity contribution in [2.75, 3.05) is 25.5 Å². The number of hydrogen-bond acceptors (Lipinski definition) is 2. The molecule has 1 unspecified atom stereocenters. The first-order valence-electron chi connectivity index (χ1n) is 6.96. The molecular formula is C17H20N2. The maximum atomic E-state index is 3.42. The Kier molecular flexibility index (Phi) is 3.51. The zero-order valence-corrected chi connectivity index (χ0v) is 11.3. The molecule has 2 N–H and O–H groups in total. The summed E-state index contributed by atoms with van der Waals surface area (Å²) >= 11 is 0. The molecule has 0 radical (unpaired) electrons. The summed E-state index contributed by atoms with van der Waals surface area (Å²) in [5.41, 5.74) is 5.17. The van der Waals surface area contributed by atoms with Gasteiger partial charge in [0.25, 0.3) is 0 Å². The van der Waals surface area contributed by atoms with Crippen LogP contribution in [0.15, 0.2) is 48.5 Å². The topological polar surface area (TPSA) is 24.1 Å². The molecule has 2 aromatic rings. The van der Waals surface area contributed by atoms with Gasteiger partial charge in [0.1, 0.15) is 0 Å². The molecule has 2 nitrogen and oxygen atoms in total. The fraction of sp³-hybridized carbons (Fsp3) is 0.294. The van der Waals surface area contributed by atoms with Crippen molar-refractivity contribution >= 4 is 5.69 Å². The summed E-state index contributed by atoms with van der Waals surface area (Å²) in [7, 11) is 1.94. The Bertz CT molecular complexity index is 522. The summed E-state index contributed by atoms with van der Waals surface area (Å²) in [6, 6.07) is 17.6. The number of benzene rings is 2. The van der Waals surface area contributed by atoms with Crippen LogP contribution in [-0.2, 0) is 0 Å². The van der Waals surface area contributed by atoms with E-state index in [-0.39, 0.29) is 0 Å². The fourth-order valence-corrected chi connectivity index (χ4v) is 2.72. The van der Waals surface area contributed by atoms with Crippen LogP contribution in [0.2, 0.25) is 0 Å². The second kappa shape index (κ2) is 5.45. The van der Waals surface area contributed by atoms with Crippen LogP contribution in [-0.4, -0.2) is 20.1 Å². The Morgan fingerprint density at radius 1 is 0.947 bits per heavy atom. The van der Waals surface area contributed by atoms with Gasteiger partial charge in [-0.05, 0) is 47.7 Å². The lowest BCUT2D eigenvalue weighted by atomic mass is 9.95. The molecule has 2 aromatic carbocycles. The monoisotopic (exact) mass is 252 g/mol. The number of anilines is 1. The van der Waals surface area contributed by atoms with E-state index < -0.39 is 0 Å². The van der Waals surface area contributed by atoms with Crippen molar-refractivity contribution in [3.63, 3.8) is 0 Å². The van der Waals surface area contributed by atoms with Gasteiger partial charge in [-0.15, -0.1) is 0 Å². The summed E-state index contributed by atoms with van der Waals surface area (Å²) < 4.78 is 0. The molecule has 0 amide bonds. The lowest BCUT2D eigenvalue weighted by molar-refractivity contribution is 0.763. The third-order valence-corrected chi connectivity index (χ3v) is 3.95. The molecule has 0 spiro atoms. The summed E-state index contributed by atoms with van der Waals surface area (Å²) in [6.07, 6.45) is 1.26. The van der Waals surface area contributed by atoms with E-state index in [0.717, 1.165) is 18.8 Å². The minimum atomic E-state index is 0.695. The molecule has 0 bridgehead atoms. The van der Waals surface area contributed by atoms with E-state index >= 15 is 0 Å². The minimum Gasteiger partial charge on any atom is -0.388 e. The second-order valence-electron chi connectivity index (χ2n) is 5.14. The fourth-order valence-electron chi connectivity index (χ4n) is 2.72. The smallest absolute Gasteiger partial charge is 0.0337 e. The van der Waals surface area contributed by atoms with Gasteiger partial charge in [-0.3, -0.25) is 0 Å². The maximum absolute atomic E-state index is 3.42. The predicted molar refractivity (Wildman–Crippen MR) is 81.7 cm³/mol. The highest BCUT2D eigenvalue weighted by Gasteiger charge is 2.16. The quantitative estimate of drug-likeness (QED) is 0.874. The van der Waals surface area contributed by atoms with Crippen molar-refractivity contribution in [1.82, 2.24) is 5.32 Å². The summed E-state index contributed by atoms with van der Waals surface area (Å²) in [4.78, 5) is 0. The molecule has 1 atom stereocenters. The Labute approximate surface area is 114 Å². The highest BCUT2D eigenvalue weighted by atomic mass is 14.9. The van der Waals surface area contributed by atoms with Crippen molar-refractivity contribution in [3.05, 3.63) is 54.1 Å². The third kappa shape index (κ3) is 2.64. The number of hydrogen-bond donors (Lipinski definition) is 2. The van der Waals surface area contributed by atoms with Crippen LogP contribution >= 0.6 is 0 Å². The number of nitrogens with one attached hydrogen (secondary N) is 2. The van der Waals surface area contributed by atoms with Crippen molar-refractivity contribution in [2.24, 2.45) is 0 Å². The normalized spacial score (nSPS) is 18.5. The highest BCUT2D eigenvalue weighted by molar-refractivity contribution is 5.66. The van der Waals surface area contributed by atoms with Crippen LogP contribution in [0.5, 0.6) is 0 Å². The van der Waals surface area contributed by atoms with Crippen molar-refractivity contribution in [3.8, 4) is 11.1 Å². The van der Waals surface area contributed by atoms with Gasteiger partial charge < -0.3 is 10.6 Å². The largest absolute Gasteiger partial charge is 0.388 e. The minimum absolute atomic E-state index is 0.695. The maximum Gasteiger partial charge on any atom is 0.0337 e. The van der Waals surface area contributed by atoms with Crippen molar-refractivity contribution in [2.45, 2.75) is 12.3 Å². The average Bonchev–Trinajstić information content (AvgIpc) is 3.02. The van der Waals surface area contributed by atoms with Crippen LogP contribution in [0.25, 0.3) is 11.1 Å². The molecule has 1 aliphatic rings. The van der Waals surface area contributed by atoms with Gasteiger partial charge >= 0.3 is 0 Å². The van der Waals surface area contributed by atoms with Crippen molar-refractivity contribution < 1.29 is 0 Å². The van der Waals surface area contributed by atoms with Gasteiger partial charge in [-0.2, -0.15) is 0 Å². The van der Waals surface area contributed by atoms with Crippen LogP contribution < -0.4 is 10.6 Å². The molecule has 0 aromatic heterocycles. The molecule has 1 aliphatic heterocycles. The van der Waals surface area contributed by atoms with Gasteiger partial charge in [0.15, 0.2) is 0 Å². The van der Waals surface area contributed by atoms with Crippen molar-refractivity contribution in [1.29, 1.82) is 0 Å². The zero-order valence-electron chi connectivity index (χ0n) is 11.3. The van der Waals surface area contributed by atoms with Gasteiger partial charge in [0.2, 0.25) is 0 Å². The lowest BCUT2D eigenvalue weighted by Crippen LogP contribution is -2.07. The SMILES string of the molecule is CNc1ccc(-c2ccc(C3CCNC3)cc2)cc1. The molecule has 1 heterocycles. The van der Waals surface area contributed by atoms with Crippen LogP contribution in [0.3, 0.4) is 0 Å². The molecular weight excluding hydrogens is 232 g/mol. The van der Waals surface area contributed by atoms with E-state index in [0.29, 0.717) is 5.92 Å². The first kappa shape index (κ1) is 12.2. The standard InChI is InChI=1S/C17H20N2/c1-18-17-8-6-14(7-9-17)13-2-4-15(5-3-13)16-10-11-19-12-16/h2-9,16,18-19H,10-12H2,1H3. The van der Waals surface area contributed by atoms with Crippen LogP contribution in [0.1, 0.15) is 17.9 Å². The first-order chi connectivity index (χ1) is 9.36. The van der Waals surface area contributed by atoms with Crippen LogP contribution in [0, 0.1) is 0 Å². The van der Waals surface area contributed by atoms with E-state index in [9.17, 15) is 0 Å². The first-order valence-corrected chi connectivity index (χ1v) is 6.96. The van der Waals surface area contributed by atoms with E-state index in [1.54, 1.807) is 0 Å². The molecule has 0 aliphatic carbocycles. The average molecular weight is 252 g/mol.